The molecule has 0 spiro atoms. The summed E-state index contributed by atoms with van der Waals surface area (Å²) in [5.41, 5.74) is -1.22. The van der Waals surface area contributed by atoms with Crippen molar-refractivity contribution in [3.8, 4) is 0 Å². The van der Waals surface area contributed by atoms with Gasteiger partial charge >= 0.3 is 0 Å². The Morgan fingerprint density at radius 1 is 1.23 bits per heavy atom. The number of anilines is 2. The molecular formula is C26H32N4O8S2. The minimum absolute atomic E-state index is 0.0799. The molecule has 0 bridgehead atoms. The Bertz CT molecular complexity index is 1550. The molecule has 1 atom stereocenters. The average Bonchev–Trinajstić information content (AvgIpc) is 2.85. The molecule has 0 saturated heterocycles. The van der Waals surface area contributed by atoms with E-state index in [1.807, 2.05) is 13.8 Å². The summed E-state index contributed by atoms with van der Waals surface area (Å²) >= 11 is 0. The molecule has 216 valence electrons. The maximum absolute atomic E-state index is 14.5. The zero-order valence-corrected chi connectivity index (χ0v) is 24.3. The maximum Gasteiger partial charge on any atom is 0.244 e. The van der Waals surface area contributed by atoms with Crippen LogP contribution in [0.2, 0.25) is 0 Å². The van der Waals surface area contributed by atoms with Gasteiger partial charge in [-0.2, -0.15) is 0 Å². The van der Waals surface area contributed by atoms with Crippen LogP contribution in [-0.4, -0.2) is 58.6 Å². The van der Waals surface area contributed by atoms with Crippen LogP contribution in [0.3, 0.4) is 0 Å². The average molecular weight is 593 g/mol. The number of hydroxylamine groups is 2. The standard InChI is InChI=1S/C26H32N4O8S2/c1-15(2)12-13-26(30(38-4)16(3)31)19-9-7-6-8-18(19)23(32)22(24(26)33)25-27-20-11-10-17(28-39(5,34)35)14-21(20)40(36,37)29-25/h6-11,14-15,28,32,36-37H,12-13H2,1-5H3,(H,27,29). The number of aliphatic hydroxyl groups is 1. The van der Waals surface area contributed by atoms with E-state index in [0.717, 1.165) is 11.3 Å². The summed E-state index contributed by atoms with van der Waals surface area (Å²) < 4.78 is 51.6. The molecule has 1 aliphatic heterocycles. The van der Waals surface area contributed by atoms with Gasteiger partial charge in [0.2, 0.25) is 21.7 Å². The van der Waals surface area contributed by atoms with Crippen molar-refractivity contribution in [2.24, 2.45) is 10.3 Å². The molecule has 0 radical (unpaired) electrons. The highest BCUT2D eigenvalue weighted by Crippen LogP contribution is 2.57. The first-order valence-electron chi connectivity index (χ1n) is 12.3. The predicted molar refractivity (Wildman–Crippen MR) is 153 cm³/mol. The molecule has 1 aliphatic carbocycles. The second-order valence-corrected chi connectivity index (χ2v) is 13.5. The molecule has 40 heavy (non-hydrogen) atoms. The van der Waals surface area contributed by atoms with Crippen molar-refractivity contribution in [1.29, 1.82) is 0 Å². The number of Topliss-reactive ketones (excluding diaryl/α,β-unsaturated/α-hetero) is 1. The van der Waals surface area contributed by atoms with Crippen molar-refractivity contribution in [2.45, 2.75) is 44.0 Å². The normalized spacial score (nSPS) is 20.7. The topological polar surface area (TPSA) is 178 Å². The molecule has 2 aromatic carbocycles. The molecule has 1 heterocycles. The molecule has 0 fully saturated rings. The smallest absolute Gasteiger partial charge is 0.244 e. The van der Waals surface area contributed by atoms with E-state index < -0.39 is 43.8 Å². The molecule has 4 rings (SSSR count). The van der Waals surface area contributed by atoms with Gasteiger partial charge in [-0.15, -0.1) is 4.40 Å². The second-order valence-electron chi connectivity index (χ2n) is 10.1. The third-order valence-electron chi connectivity index (χ3n) is 6.65. The van der Waals surface area contributed by atoms with Crippen LogP contribution < -0.4 is 10.0 Å². The van der Waals surface area contributed by atoms with Crippen molar-refractivity contribution in [2.75, 3.05) is 23.4 Å². The number of aliphatic hydroxyl groups excluding tert-OH is 1. The molecule has 12 nitrogen and oxygen atoms in total. The fraction of sp³-hybridized carbons (Fsp3) is 0.346. The molecule has 2 aromatic rings. The Balaban J connectivity index is 1.93. The van der Waals surface area contributed by atoms with E-state index in [9.17, 15) is 32.2 Å². The third-order valence-corrected chi connectivity index (χ3v) is 8.63. The Morgan fingerprint density at radius 3 is 2.50 bits per heavy atom. The first kappa shape index (κ1) is 29.6. The number of rotatable bonds is 8. The van der Waals surface area contributed by atoms with Gasteiger partial charge in [0.1, 0.15) is 16.2 Å². The molecule has 1 amide bonds. The number of sulfonamides is 1. The molecule has 1 unspecified atom stereocenters. The molecule has 0 saturated carbocycles. The highest BCUT2D eigenvalue weighted by Gasteiger charge is 2.55. The van der Waals surface area contributed by atoms with Crippen LogP contribution in [0.15, 0.2) is 57.3 Å². The van der Waals surface area contributed by atoms with Crippen molar-refractivity contribution in [3.05, 3.63) is 59.2 Å². The lowest BCUT2D eigenvalue weighted by atomic mass is 9.70. The summed E-state index contributed by atoms with van der Waals surface area (Å²) in [5, 5.41) is 15.3. The van der Waals surface area contributed by atoms with Crippen LogP contribution in [0.4, 0.5) is 11.4 Å². The van der Waals surface area contributed by atoms with Gasteiger partial charge < -0.3 is 10.4 Å². The largest absolute Gasteiger partial charge is 0.506 e. The SMILES string of the molecule is CON(C(C)=O)C1(CCC(C)C)C(=O)C(C2=NS(O)(O)c3cc(NS(C)(=O)=O)ccc3N2)=C(O)c2ccccc21. The van der Waals surface area contributed by atoms with Gasteiger partial charge in [0, 0.05) is 12.5 Å². The Labute approximate surface area is 234 Å². The lowest BCUT2D eigenvalue weighted by Crippen LogP contribution is -2.57. The van der Waals surface area contributed by atoms with Crippen LogP contribution >= 0.6 is 10.8 Å². The molecule has 5 N–H and O–H groups in total. The highest BCUT2D eigenvalue weighted by molar-refractivity contribution is 8.23. The molecule has 14 heteroatoms. The van der Waals surface area contributed by atoms with Crippen LogP contribution in [0.1, 0.15) is 44.7 Å². The van der Waals surface area contributed by atoms with Crippen LogP contribution in [0, 0.1) is 5.92 Å². The second kappa shape index (κ2) is 10.5. The quantitative estimate of drug-likeness (QED) is 0.276. The predicted octanol–water partition coefficient (Wildman–Crippen LogP) is 4.50. The highest BCUT2D eigenvalue weighted by atomic mass is 32.3. The number of nitrogens with one attached hydrogen (secondary N) is 2. The van der Waals surface area contributed by atoms with Gasteiger partial charge in [0.25, 0.3) is 0 Å². The van der Waals surface area contributed by atoms with E-state index in [1.54, 1.807) is 24.3 Å². The molecule has 0 aromatic heterocycles. The summed E-state index contributed by atoms with van der Waals surface area (Å²) in [7, 11) is -6.34. The van der Waals surface area contributed by atoms with Crippen molar-refractivity contribution in [1.82, 2.24) is 5.06 Å². The fourth-order valence-electron chi connectivity index (χ4n) is 5.01. The zero-order chi connectivity index (χ0) is 29.6. The van der Waals surface area contributed by atoms with E-state index in [1.165, 1.54) is 32.2 Å². The first-order chi connectivity index (χ1) is 18.6. The number of ketones is 1. The summed E-state index contributed by atoms with van der Waals surface area (Å²) in [5.74, 6) is -1.90. The third kappa shape index (κ3) is 5.20. The number of carbonyl (C=O) groups is 2. The number of hydrogen-bond acceptors (Lipinski definition) is 10. The van der Waals surface area contributed by atoms with Gasteiger partial charge in [-0.25, -0.2) is 13.5 Å². The maximum atomic E-state index is 14.5. The van der Waals surface area contributed by atoms with Gasteiger partial charge in [-0.1, -0.05) is 48.9 Å². The molecular weight excluding hydrogens is 560 g/mol. The Kier molecular flexibility index (Phi) is 7.77. The minimum atomic E-state index is -3.97. The summed E-state index contributed by atoms with van der Waals surface area (Å²) in [6.45, 7) is 5.20. The number of fused-ring (bicyclic) bond motifs is 2. The zero-order valence-electron chi connectivity index (χ0n) is 22.6. The van der Waals surface area contributed by atoms with Crippen LogP contribution in [-0.2, 0) is 30.0 Å². The van der Waals surface area contributed by atoms with E-state index in [2.05, 4.69) is 14.4 Å². The Morgan fingerprint density at radius 2 is 1.90 bits per heavy atom. The first-order valence-corrected chi connectivity index (χ1v) is 15.7. The summed E-state index contributed by atoms with van der Waals surface area (Å²) in [4.78, 5) is 32.7. The minimum Gasteiger partial charge on any atom is -0.506 e. The van der Waals surface area contributed by atoms with E-state index >= 15 is 0 Å². The van der Waals surface area contributed by atoms with Gasteiger partial charge in [-0.05, 0) is 42.5 Å². The number of nitrogens with zero attached hydrogens (tertiary/aromatic N) is 2. The van der Waals surface area contributed by atoms with Crippen LogP contribution in [0.25, 0.3) is 5.76 Å². The number of carbonyl (C=O) groups excluding carboxylic acids is 2. The van der Waals surface area contributed by atoms with Crippen molar-refractivity contribution in [3.63, 3.8) is 0 Å². The number of hydrogen-bond donors (Lipinski definition) is 5. The van der Waals surface area contributed by atoms with E-state index in [0.29, 0.717) is 12.0 Å². The van der Waals surface area contributed by atoms with Crippen molar-refractivity contribution >= 4 is 55.5 Å². The number of benzene rings is 2. The number of amides is 1. The lowest BCUT2D eigenvalue weighted by Gasteiger charge is -2.45. The van der Waals surface area contributed by atoms with Gasteiger partial charge in [-0.3, -0.25) is 28.3 Å². The van der Waals surface area contributed by atoms with E-state index in [4.69, 9.17) is 4.84 Å². The molecule has 2 aliphatic rings. The van der Waals surface area contributed by atoms with Crippen molar-refractivity contribution < 1.29 is 37.1 Å². The fourth-order valence-corrected chi connectivity index (χ4v) is 6.75. The Hall–Kier alpha value is -3.43. The summed E-state index contributed by atoms with van der Waals surface area (Å²) in [6.07, 6.45) is 1.61. The van der Waals surface area contributed by atoms with E-state index in [-0.39, 0.29) is 45.6 Å². The monoisotopic (exact) mass is 592 g/mol. The van der Waals surface area contributed by atoms with Gasteiger partial charge in [0.15, 0.2) is 11.4 Å². The lowest BCUT2D eigenvalue weighted by molar-refractivity contribution is -0.211. The number of amidine groups is 1. The van der Waals surface area contributed by atoms with Gasteiger partial charge in [0.05, 0.1) is 24.7 Å². The summed E-state index contributed by atoms with van der Waals surface area (Å²) in [6, 6.07) is 10.6. The van der Waals surface area contributed by atoms with Crippen LogP contribution in [0.5, 0.6) is 0 Å².